The van der Waals surface area contributed by atoms with Crippen LogP contribution in [0.2, 0.25) is 0 Å². The Kier molecular flexibility index (Phi) is 3.68. The number of aryl methyl sites for hydroxylation is 1. The molecule has 1 aliphatic rings. The molecule has 0 unspecified atom stereocenters. The van der Waals surface area contributed by atoms with E-state index in [0.717, 1.165) is 12.8 Å². The lowest BCUT2D eigenvalue weighted by atomic mass is 9.87. The van der Waals surface area contributed by atoms with Gasteiger partial charge in [-0.05, 0) is 32.6 Å². The van der Waals surface area contributed by atoms with Gasteiger partial charge in [0.1, 0.15) is 5.82 Å². The Balaban J connectivity index is 1.90. The molecule has 0 aromatic carbocycles. The SMILES string of the molecule is Cc1ncc(NC(=O)C2CCC(O)CC2)cn1. The molecule has 17 heavy (non-hydrogen) atoms. The summed E-state index contributed by atoms with van der Waals surface area (Å²) in [7, 11) is 0. The van der Waals surface area contributed by atoms with Gasteiger partial charge in [0.25, 0.3) is 0 Å². The van der Waals surface area contributed by atoms with E-state index >= 15 is 0 Å². The standard InChI is InChI=1S/C12H17N3O2/c1-8-13-6-10(7-14-8)15-12(17)9-2-4-11(16)5-3-9/h6-7,9,11,16H,2-5H2,1H3,(H,15,17). The van der Waals surface area contributed by atoms with Crippen molar-refractivity contribution in [2.24, 2.45) is 5.92 Å². The second kappa shape index (κ2) is 5.23. The van der Waals surface area contributed by atoms with Gasteiger partial charge in [-0.25, -0.2) is 9.97 Å². The Morgan fingerprint density at radius 3 is 2.47 bits per heavy atom. The van der Waals surface area contributed by atoms with Gasteiger partial charge in [0.15, 0.2) is 0 Å². The van der Waals surface area contributed by atoms with Crippen molar-refractivity contribution in [2.45, 2.75) is 38.7 Å². The fourth-order valence-corrected chi connectivity index (χ4v) is 2.04. The van der Waals surface area contributed by atoms with E-state index in [0.29, 0.717) is 24.4 Å². The number of amides is 1. The Hall–Kier alpha value is -1.49. The fourth-order valence-electron chi connectivity index (χ4n) is 2.04. The van der Waals surface area contributed by atoms with Crippen molar-refractivity contribution in [1.29, 1.82) is 0 Å². The van der Waals surface area contributed by atoms with Crippen molar-refractivity contribution in [3.8, 4) is 0 Å². The van der Waals surface area contributed by atoms with Crippen LogP contribution in [0.15, 0.2) is 12.4 Å². The number of hydrogen-bond donors (Lipinski definition) is 2. The first-order valence-corrected chi connectivity index (χ1v) is 5.92. The Morgan fingerprint density at radius 2 is 1.88 bits per heavy atom. The van der Waals surface area contributed by atoms with E-state index < -0.39 is 0 Å². The minimum Gasteiger partial charge on any atom is -0.393 e. The minimum absolute atomic E-state index is 0.000275. The van der Waals surface area contributed by atoms with Gasteiger partial charge in [-0.1, -0.05) is 0 Å². The number of nitrogens with zero attached hydrogens (tertiary/aromatic N) is 2. The number of anilines is 1. The highest BCUT2D eigenvalue weighted by Gasteiger charge is 2.25. The molecule has 5 heteroatoms. The molecule has 0 aliphatic heterocycles. The summed E-state index contributed by atoms with van der Waals surface area (Å²) in [5, 5.41) is 12.2. The second-order valence-electron chi connectivity index (χ2n) is 4.51. The monoisotopic (exact) mass is 235 g/mol. The van der Waals surface area contributed by atoms with E-state index in [2.05, 4.69) is 15.3 Å². The number of nitrogens with one attached hydrogen (secondary N) is 1. The smallest absolute Gasteiger partial charge is 0.227 e. The average molecular weight is 235 g/mol. The van der Waals surface area contributed by atoms with Gasteiger partial charge in [0.05, 0.1) is 24.2 Å². The average Bonchev–Trinajstić information content (AvgIpc) is 2.33. The number of carbonyl (C=O) groups excluding carboxylic acids is 1. The van der Waals surface area contributed by atoms with Crippen molar-refractivity contribution >= 4 is 11.6 Å². The molecule has 0 bridgehead atoms. The zero-order valence-electron chi connectivity index (χ0n) is 9.89. The van der Waals surface area contributed by atoms with Crippen LogP contribution in [0.1, 0.15) is 31.5 Å². The van der Waals surface area contributed by atoms with Crippen molar-refractivity contribution < 1.29 is 9.90 Å². The molecular formula is C12H17N3O2. The summed E-state index contributed by atoms with van der Waals surface area (Å²) in [6.07, 6.45) is 5.90. The third-order valence-electron chi connectivity index (χ3n) is 3.12. The van der Waals surface area contributed by atoms with E-state index in [1.165, 1.54) is 0 Å². The summed E-state index contributed by atoms with van der Waals surface area (Å²) < 4.78 is 0. The van der Waals surface area contributed by atoms with Crippen LogP contribution in [0.5, 0.6) is 0 Å². The molecule has 0 saturated heterocycles. The van der Waals surface area contributed by atoms with E-state index in [-0.39, 0.29) is 17.9 Å². The fraction of sp³-hybridized carbons (Fsp3) is 0.583. The zero-order chi connectivity index (χ0) is 12.3. The maximum atomic E-state index is 11.9. The summed E-state index contributed by atoms with van der Waals surface area (Å²) >= 11 is 0. The minimum atomic E-state index is -0.234. The van der Waals surface area contributed by atoms with Crippen molar-refractivity contribution in [1.82, 2.24) is 9.97 Å². The highest BCUT2D eigenvalue weighted by Crippen LogP contribution is 2.25. The number of aliphatic hydroxyl groups is 1. The molecule has 0 atom stereocenters. The second-order valence-corrected chi connectivity index (χ2v) is 4.51. The van der Waals surface area contributed by atoms with Crippen molar-refractivity contribution in [3.05, 3.63) is 18.2 Å². The van der Waals surface area contributed by atoms with Crippen LogP contribution in [0.25, 0.3) is 0 Å². The van der Waals surface area contributed by atoms with Gasteiger partial charge < -0.3 is 10.4 Å². The molecule has 92 valence electrons. The van der Waals surface area contributed by atoms with E-state index in [1.54, 1.807) is 19.3 Å². The number of hydrogen-bond acceptors (Lipinski definition) is 4. The first kappa shape index (κ1) is 12.0. The normalized spacial score (nSPS) is 24.4. The molecule has 1 saturated carbocycles. The first-order valence-electron chi connectivity index (χ1n) is 5.92. The lowest BCUT2D eigenvalue weighted by Gasteiger charge is -2.24. The molecule has 1 aromatic rings. The molecule has 0 spiro atoms. The quantitative estimate of drug-likeness (QED) is 0.809. The predicted molar refractivity (Wildman–Crippen MR) is 63.4 cm³/mol. The Labute approximate surface area is 100 Å². The Bertz CT molecular complexity index is 383. The van der Waals surface area contributed by atoms with E-state index in [4.69, 9.17) is 0 Å². The predicted octanol–water partition coefficient (Wildman–Crippen LogP) is 1.27. The molecular weight excluding hydrogens is 218 g/mol. The van der Waals surface area contributed by atoms with Crippen LogP contribution in [-0.4, -0.2) is 27.1 Å². The first-order chi connectivity index (χ1) is 8.15. The maximum absolute atomic E-state index is 11.9. The number of carbonyl (C=O) groups is 1. The highest BCUT2D eigenvalue weighted by atomic mass is 16.3. The zero-order valence-corrected chi connectivity index (χ0v) is 9.89. The third-order valence-corrected chi connectivity index (χ3v) is 3.12. The lowest BCUT2D eigenvalue weighted by Crippen LogP contribution is -2.28. The van der Waals surface area contributed by atoms with Gasteiger partial charge in [-0.15, -0.1) is 0 Å². The van der Waals surface area contributed by atoms with Gasteiger partial charge in [0.2, 0.25) is 5.91 Å². The molecule has 1 aliphatic carbocycles. The van der Waals surface area contributed by atoms with Crippen molar-refractivity contribution in [3.63, 3.8) is 0 Å². The lowest BCUT2D eigenvalue weighted by molar-refractivity contribution is -0.121. The van der Waals surface area contributed by atoms with Crippen LogP contribution in [-0.2, 0) is 4.79 Å². The summed E-state index contributed by atoms with van der Waals surface area (Å²) in [5.41, 5.74) is 0.631. The summed E-state index contributed by atoms with van der Waals surface area (Å²) in [6, 6.07) is 0. The number of aliphatic hydroxyl groups excluding tert-OH is 1. The molecule has 5 nitrogen and oxygen atoms in total. The number of rotatable bonds is 2. The summed E-state index contributed by atoms with van der Waals surface area (Å²) in [4.78, 5) is 20.0. The van der Waals surface area contributed by atoms with Crippen LogP contribution in [0.3, 0.4) is 0 Å². The van der Waals surface area contributed by atoms with Crippen LogP contribution < -0.4 is 5.32 Å². The van der Waals surface area contributed by atoms with Gasteiger partial charge in [-0.3, -0.25) is 4.79 Å². The molecule has 0 radical (unpaired) electrons. The molecule has 2 rings (SSSR count). The maximum Gasteiger partial charge on any atom is 0.227 e. The van der Waals surface area contributed by atoms with Crippen LogP contribution >= 0.6 is 0 Å². The van der Waals surface area contributed by atoms with Crippen LogP contribution in [0, 0.1) is 12.8 Å². The molecule has 1 fully saturated rings. The topological polar surface area (TPSA) is 75.1 Å². The van der Waals surface area contributed by atoms with Crippen molar-refractivity contribution in [2.75, 3.05) is 5.32 Å². The number of aromatic nitrogens is 2. The van der Waals surface area contributed by atoms with E-state index in [1.807, 2.05) is 0 Å². The van der Waals surface area contributed by atoms with E-state index in [9.17, 15) is 9.90 Å². The summed E-state index contributed by atoms with van der Waals surface area (Å²) in [5.74, 6) is 0.688. The largest absolute Gasteiger partial charge is 0.393 e. The third kappa shape index (κ3) is 3.23. The molecule has 1 amide bonds. The molecule has 2 N–H and O–H groups in total. The Morgan fingerprint density at radius 1 is 1.29 bits per heavy atom. The van der Waals surface area contributed by atoms with Gasteiger partial charge in [-0.2, -0.15) is 0 Å². The van der Waals surface area contributed by atoms with Gasteiger partial charge >= 0.3 is 0 Å². The highest BCUT2D eigenvalue weighted by molar-refractivity contribution is 5.92. The van der Waals surface area contributed by atoms with Gasteiger partial charge in [0, 0.05) is 5.92 Å². The molecule has 1 heterocycles. The summed E-state index contributed by atoms with van der Waals surface area (Å²) in [6.45, 7) is 1.80. The van der Waals surface area contributed by atoms with Crippen LogP contribution in [0.4, 0.5) is 5.69 Å². The molecule has 1 aromatic heterocycles.